The van der Waals surface area contributed by atoms with Crippen molar-refractivity contribution in [3.05, 3.63) is 56.4 Å². The zero-order valence-corrected chi connectivity index (χ0v) is 18.1. The number of aryl methyl sites for hydroxylation is 1. The summed E-state index contributed by atoms with van der Waals surface area (Å²) >= 11 is 3.27. The first kappa shape index (κ1) is 19.5. The molecule has 2 aliphatic carbocycles. The Bertz CT molecular complexity index is 1060. The number of nitrogens with zero attached hydrogens (tertiary/aromatic N) is 1. The van der Waals surface area contributed by atoms with Crippen LogP contribution in [0.4, 0.5) is 0 Å². The van der Waals surface area contributed by atoms with E-state index in [1.54, 1.807) is 12.1 Å². The maximum absolute atomic E-state index is 12.9. The molecule has 3 unspecified atom stereocenters. The van der Waals surface area contributed by atoms with E-state index in [4.69, 9.17) is 9.02 Å². The van der Waals surface area contributed by atoms with Gasteiger partial charge in [-0.25, -0.2) is 0 Å². The van der Waals surface area contributed by atoms with Crippen LogP contribution >= 0.6 is 15.9 Å². The molecule has 2 fully saturated rings. The summed E-state index contributed by atoms with van der Waals surface area (Å²) in [6, 6.07) is 7.77. The van der Waals surface area contributed by atoms with Crippen molar-refractivity contribution < 1.29 is 17.4 Å². The Balaban J connectivity index is 1.76. The van der Waals surface area contributed by atoms with Crippen molar-refractivity contribution >= 4 is 26.0 Å². The minimum atomic E-state index is -4.17. The molecule has 4 rings (SSSR count). The Morgan fingerprint density at radius 3 is 2.43 bits per heavy atom. The van der Waals surface area contributed by atoms with Crippen LogP contribution < -0.4 is 14.6 Å². The molecule has 0 amide bonds. The van der Waals surface area contributed by atoms with Gasteiger partial charge < -0.3 is 4.74 Å². The average molecular weight is 468 g/mol. The number of hydrogen-bond acceptors (Lipinski definition) is 5. The van der Waals surface area contributed by atoms with E-state index in [0.717, 1.165) is 29.6 Å². The Kier molecular flexibility index (Phi) is 5.03. The zero-order valence-electron chi connectivity index (χ0n) is 15.7. The van der Waals surface area contributed by atoms with E-state index in [9.17, 15) is 13.2 Å². The quantitative estimate of drug-likeness (QED) is 0.670. The Hall–Kier alpha value is -1.80. The SMILES string of the molecule is COc1ccc(S(=O)(=O)On2c(C3CC4CCC3C4)cc(C)c(Br)c2=O)cc1. The molecule has 1 aromatic heterocycles. The van der Waals surface area contributed by atoms with Gasteiger partial charge in [-0.2, -0.15) is 8.42 Å². The molecular weight excluding hydrogens is 446 g/mol. The van der Waals surface area contributed by atoms with Crippen LogP contribution in [0.15, 0.2) is 44.5 Å². The van der Waals surface area contributed by atoms with Crippen molar-refractivity contribution in [3.63, 3.8) is 0 Å². The number of halogens is 1. The molecule has 0 spiro atoms. The van der Waals surface area contributed by atoms with Gasteiger partial charge in [-0.05, 0) is 89.8 Å². The molecule has 28 heavy (non-hydrogen) atoms. The lowest BCUT2D eigenvalue weighted by molar-refractivity contribution is 0.237. The van der Waals surface area contributed by atoms with E-state index in [-0.39, 0.29) is 10.8 Å². The van der Waals surface area contributed by atoms with Gasteiger partial charge in [0.05, 0.1) is 17.3 Å². The average Bonchev–Trinajstić information content (AvgIpc) is 3.32. The van der Waals surface area contributed by atoms with Gasteiger partial charge in [-0.1, -0.05) is 6.42 Å². The molecule has 2 aromatic rings. The number of aromatic nitrogens is 1. The van der Waals surface area contributed by atoms with Crippen molar-refractivity contribution in [1.29, 1.82) is 0 Å². The number of methoxy groups -OCH3 is 1. The standard InChI is InChI=1S/C20H22BrNO5S/c1-12-9-18(17-11-13-3-4-14(17)10-13)22(20(23)19(12)21)27-28(24,25)16-7-5-15(26-2)6-8-16/h5-9,13-14,17H,3-4,10-11H2,1-2H3. The van der Waals surface area contributed by atoms with Crippen LogP contribution in [-0.2, 0) is 10.1 Å². The molecule has 0 aliphatic heterocycles. The highest BCUT2D eigenvalue weighted by Crippen LogP contribution is 2.52. The van der Waals surface area contributed by atoms with Crippen molar-refractivity contribution in [1.82, 2.24) is 4.73 Å². The van der Waals surface area contributed by atoms with Gasteiger partial charge in [0.1, 0.15) is 10.6 Å². The smallest absolute Gasteiger partial charge is 0.357 e. The topological polar surface area (TPSA) is 74.6 Å². The largest absolute Gasteiger partial charge is 0.497 e. The molecule has 150 valence electrons. The second-order valence-electron chi connectivity index (χ2n) is 7.65. The van der Waals surface area contributed by atoms with Crippen LogP contribution in [0.25, 0.3) is 0 Å². The first-order chi connectivity index (χ1) is 13.3. The fourth-order valence-corrected chi connectivity index (χ4v) is 5.72. The third-order valence-corrected chi connectivity index (χ3v) is 8.12. The molecule has 0 radical (unpaired) electrons. The predicted molar refractivity (Wildman–Crippen MR) is 108 cm³/mol. The van der Waals surface area contributed by atoms with Gasteiger partial charge in [-0.15, -0.1) is 4.73 Å². The summed E-state index contributed by atoms with van der Waals surface area (Å²) in [5.74, 6) is 1.81. The predicted octanol–water partition coefficient (Wildman–Crippen LogP) is 3.65. The highest BCUT2D eigenvalue weighted by molar-refractivity contribution is 9.10. The lowest BCUT2D eigenvalue weighted by Gasteiger charge is -2.25. The summed E-state index contributed by atoms with van der Waals surface area (Å²) in [6.45, 7) is 1.84. The lowest BCUT2D eigenvalue weighted by atomic mass is 9.86. The fraction of sp³-hybridized carbons (Fsp3) is 0.450. The van der Waals surface area contributed by atoms with Gasteiger partial charge >= 0.3 is 10.1 Å². The zero-order chi connectivity index (χ0) is 20.1. The highest BCUT2D eigenvalue weighted by atomic mass is 79.9. The minimum absolute atomic E-state index is 0.0317. The highest BCUT2D eigenvalue weighted by Gasteiger charge is 2.42. The normalized spacial score (nSPS) is 23.8. The van der Waals surface area contributed by atoms with Crippen LogP contribution in [0.2, 0.25) is 0 Å². The van der Waals surface area contributed by atoms with E-state index in [1.165, 1.54) is 25.7 Å². The van der Waals surface area contributed by atoms with Gasteiger partial charge in [0.2, 0.25) is 0 Å². The Morgan fingerprint density at radius 1 is 1.14 bits per heavy atom. The van der Waals surface area contributed by atoms with Crippen LogP contribution in [0.1, 0.15) is 42.9 Å². The molecule has 0 saturated heterocycles. The van der Waals surface area contributed by atoms with E-state index < -0.39 is 15.7 Å². The van der Waals surface area contributed by atoms with Gasteiger partial charge in [0.25, 0.3) is 5.56 Å². The molecule has 1 heterocycles. The number of rotatable bonds is 5. The van der Waals surface area contributed by atoms with Gasteiger partial charge in [-0.3, -0.25) is 9.08 Å². The Labute approximate surface area is 172 Å². The van der Waals surface area contributed by atoms with Crippen LogP contribution in [0, 0.1) is 18.8 Å². The molecule has 6 nitrogen and oxygen atoms in total. The molecular formula is C20H22BrNO5S. The third kappa shape index (κ3) is 3.37. The number of fused-ring (bicyclic) bond motifs is 2. The number of pyridine rings is 1. The number of ether oxygens (including phenoxy) is 1. The first-order valence-electron chi connectivity index (χ1n) is 9.31. The molecule has 2 saturated carbocycles. The molecule has 0 N–H and O–H groups in total. The van der Waals surface area contributed by atoms with Gasteiger partial charge in [0, 0.05) is 5.92 Å². The molecule has 2 bridgehead atoms. The van der Waals surface area contributed by atoms with E-state index >= 15 is 0 Å². The van der Waals surface area contributed by atoms with Crippen molar-refractivity contribution in [2.75, 3.05) is 7.11 Å². The Morgan fingerprint density at radius 2 is 1.86 bits per heavy atom. The molecule has 8 heteroatoms. The van der Waals surface area contributed by atoms with Crippen molar-refractivity contribution in [2.24, 2.45) is 11.8 Å². The van der Waals surface area contributed by atoms with Crippen molar-refractivity contribution in [3.8, 4) is 5.75 Å². The van der Waals surface area contributed by atoms with Crippen LogP contribution in [-0.4, -0.2) is 20.3 Å². The summed E-state index contributed by atoms with van der Waals surface area (Å²) in [4.78, 5) is 12.9. The van der Waals surface area contributed by atoms with Crippen LogP contribution in [0.3, 0.4) is 0 Å². The van der Waals surface area contributed by atoms with E-state index in [2.05, 4.69) is 15.9 Å². The minimum Gasteiger partial charge on any atom is -0.497 e. The van der Waals surface area contributed by atoms with Crippen molar-refractivity contribution in [2.45, 2.75) is 43.4 Å². The van der Waals surface area contributed by atoms with E-state index in [1.807, 2.05) is 13.0 Å². The summed E-state index contributed by atoms with van der Waals surface area (Å²) in [7, 11) is -2.66. The second-order valence-corrected chi connectivity index (χ2v) is 9.97. The maximum Gasteiger partial charge on any atom is 0.357 e. The maximum atomic E-state index is 12.9. The molecule has 3 atom stereocenters. The summed E-state index contributed by atoms with van der Waals surface area (Å²) < 4.78 is 37.4. The van der Waals surface area contributed by atoms with Gasteiger partial charge in [0.15, 0.2) is 0 Å². The third-order valence-electron chi connectivity index (χ3n) is 5.96. The lowest BCUT2D eigenvalue weighted by Crippen LogP contribution is -2.35. The summed E-state index contributed by atoms with van der Waals surface area (Å²) in [5.41, 5.74) is 0.939. The summed E-state index contributed by atoms with van der Waals surface area (Å²) in [6.07, 6.45) is 4.44. The fourth-order valence-electron chi connectivity index (χ4n) is 4.54. The monoisotopic (exact) mass is 467 g/mol. The van der Waals surface area contributed by atoms with E-state index in [0.29, 0.717) is 27.8 Å². The number of benzene rings is 1. The first-order valence-corrected chi connectivity index (χ1v) is 11.5. The van der Waals surface area contributed by atoms with Crippen LogP contribution in [0.5, 0.6) is 5.75 Å². The second kappa shape index (κ2) is 7.22. The number of hydrogen-bond donors (Lipinski definition) is 0. The summed E-state index contributed by atoms with van der Waals surface area (Å²) in [5, 5.41) is 0. The molecule has 1 aromatic carbocycles. The molecule has 2 aliphatic rings.